The first kappa shape index (κ1) is 12.5. The van der Waals surface area contributed by atoms with Gasteiger partial charge >= 0.3 is 0 Å². The quantitative estimate of drug-likeness (QED) is 0.724. The van der Waals surface area contributed by atoms with Crippen LogP contribution in [0.5, 0.6) is 0 Å². The van der Waals surface area contributed by atoms with Crippen molar-refractivity contribution >= 4 is 0 Å². The molecule has 0 aromatic heterocycles. The van der Waals surface area contributed by atoms with Crippen molar-refractivity contribution in [2.24, 2.45) is 11.1 Å². The minimum atomic E-state index is -0.270. The second-order valence-corrected chi connectivity index (χ2v) is 5.31. The third-order valence-electron chi connectivity index (χ3n) is 3.63. The molecule has 0 amide bonds. The Morgan fingerprint density at radius 3 is 2.27 bits per heavy atom. The molecule has 1 aliphatic carbocycles. The Bertz CT molecular complexity index is 242. The Hall–Kier alpha value is -0.520. The summed E-state index contributed by atoms with van der Waals surface area (Å²) in [4.78, 5) is 0. The molecule has 1 saturated carbocycles. The first-order chi connectivity index (χ1) is 6.96. The van der Waals surface area contributed by atoms with E-state index in [1.807, 2.05) is 6.92 Å². The van der Waals surface area contributed by atoms with Gasteiger partial charge in [-0.2, -0.15) is 0 Å². The Morgan fingerprint density at radius 2 is 1.87 bits per heavy atom. The summed E-state index contributed by atoms with van der Waals surface area (Å²) in [5.41, 5.74) is 6.14. The highest BCUT2D eigenvalue weighted by atomic mass is 16.5. The van der Waals surface area contributed by atoms with Crippen molar-refractivity contribution < 1.29 is 4.74 Å². The van der Waals surface area contributed by atoms with Crippen molar-refractivity contribution in [3.05, 3.63) is 0 Å². The van der Waals surface area contributed by atoms with Crippen LogP contribution in [-0.2, 0) is 4.74 Å². The van der Waals surface area contributed by atoms with Crippen molar-refractivity contribution in [2.45, 2.75) is 58.1 Å². The van der Waals surface area contributed by atoms with Crippen molar-refractivity contribution in [1.82, 2.24) is 0 Å². The fraction of sp³-hybridized carbons (Fsp3) is 0.846. The summed E-state index contributed by atoms with van der Waals surface area (Å²) in [7, 11) is 0. The van der Waals surface area contributed by atoms with Gasteiger partial charge < -0.3 is 10.5 Å². The van der Waals surface area contributed by atoms with Gasteiger partial charge in [-0.1, -0.05) is 19.8 Å². The highest BCUT2D eigenvalue weighted by Gasteiger charge is 2.42. The molecule has 2 nitrogen and oxygen atoms in total. The second-order valence-electron chi connectivity index (χ2n) is 5.31. The molecule has 0 radical (unpaired) electrons. The fourth-order valence-electron chi connectivity index (χ4n) is 2.33. The summed E-state index contributed by atoms with van der Waals surface area (Å²) >= 11 is 0. The molecule has 0 saturated heterocycles. The van der Waals surface area contributed by atoms with Crippen LogP contribution in [0.25, 0.3) is 0 Å². The zero-order valence-electron chi connectivity index (χ0n) is 10.2. The van der Waals surface area contributed by atoms with E-state index in [1.165, 1.54) is 0 Å². The number of hydrogen-bond acceptors (Lipinski definition) is 2. The van der Waals surface area contributed by atoms with Crippen molar-refractivity contribution in [1.29, 1.82) is 0 Å². The summed E-state index contributed by atoms with van der Waals surface area (Å²) in [5.74, 6) is 2.64. The maximum atomic E-state index is 6.00. The van der Waals surface area contributed by atoms with Crippen LogP contribution in [0, 0.1) is 17.8 Å². The van der Waals surface area contributed by atoms with Gasteiger partial charge in [0.05, 0.1) is 11.6 Å². The standard InChI is InChI=1S/C13H23NO/c1-5-11(14)13(15-6-2)9-7-12(3,4)8-10-13/h1,11H,6-10,14H2,2-4H3. The van der Waals surface area contributed by atoms with E-state index in [-0.39, 0.29) is 11.6 Å². The molecular weight excluding hydrogens is 186 g/mol. The van der Waals surface area contributed by atoms with Crippen LogP contribution >= 0.6 is 0 Å². The summed E-state index contributed by atoms with van der Waals surface area (Å²) in [5, 5.41) is 0. The number of hydrogen-bond donors (Lipinski definition) is 1. The van der Waals surface area contributed by atoms with Gasteiger partial charge in [0.2, 0.25) is 0 Å². The zero-order chi connectivity index (χ0) is 11.5. The van der Waals surface area contributed by atoms with Crippen molar-refractivity contribution in [3.63, 3.8) is 0 Å². The highest BCUT2D eigenvalue weighted by Crippen LogP contribution is 2.43. The van der Waals surface area contributed by atoms with Crippen molar-refractivity contribution in [2.75, 3.05) is 6.61 Å². The average molecular weight is 209 g/mol. The molecule has 1 atom stereocenters. The van der Waals surface area contributed by atoms with Crippen LogP contribution in [0.4, 0.5) is 0 Å². The van der Waals surface area contributed by atoms with E-state index in [1.54, 1.807) is 0 Å². The Balaban J connectivity index is 2.74. The molecule has 86 valence electrons. The Morgan fingerprint density at radius 1 is 1.33 bits per heavy atom. The molecule has 2 heteroatoms. The van der Waals surface area contributed by atoms with Crippen LogP contribution in [-0.4, -0.2) is 18.2 Å². The zero-order valence-corrected chi connectivity index (χ0v) is 10.2. The minimum absolute atomic E-state index is 0.265. The maximum Gasteiger partial charge on any atom is 0.0956 e. The minimum Gasteiger partial charge on any atom is -0.373 e. The monoisotopic (exact) mass is 209 g/mol. The lowest BCUT2D eigenvalue weighted by molar-refractivity contribution is -0.0886. The molecule has 0 bridgehead atoms. The second kappa shape index (κ2) is 4.55. The number of nitrogens with two attached hydrogens (primary N) is 1. The van der Waals surface area contributed by atoms with Crippen molar-refractivity contribution in [3.8, 4) is 12.3 Å². The first-order valence-corrected chi connectivity index (χ1v) is 5.81. The van der Waals surface area contributed by atoms with E-state index in [0.717, 1.165) is 25.7 Å². The molecule has 2 N–H and O–H groups in total. The van der Waals surface area contributed by atoms with Crippen LogP contribution in [0.15, 0.2) is 0 Å². The van der Waals surface area contributed by atoms with Crippen LogP contribution < -0.4 is 5.73 Å². The summed E-state index contributed by atoms with van der Waals surface area (Å²) in [6.45, 7) is 7.29. The van der Waals surface area contributed by atoms with Gasteiger partial charge in [0.1, 0.15) is 0 Å². The summed E-state index contributed by atoms with van der Waals surface area (Å²) in [6.07, 6.45) is 9.68. The van der Waals surface area contributed by atoms with Gasteiger partial charge in [-0.25, -0.2) is 0 Å². The molecule has 0 aromatic rings. The van der Waals surface area contributed by atoms with E-state index in [9.17, 15) is 0 Å². The Labute approximate surface area is 93.6 Å². The maximum absolute atomic E-state index is 6.00. The topological polar surface area (TPSA) is 35.2 Å². The third kappa shape index (κ3) is 2.74. The van der Waals surface area contributed by atoms with E-state index in [2.05, 4.69) is 19.8 Å². The van der Waals surface area contributed by atoms with Gasteiger partial charge in [0.15, 0.2) is 0 Å². The lowest BCUT2D eigenvalue weighted by atomic mass is 9.68. The van der Waals surface area contributed by atoms with E-state index in [0.29, 0.717) is 12.0 Å². The lowest BCUT2D eigenvalue weighted by Crippen LogP contribution is -2.52. The normalized spacial score (nSPS) is 25.5. The predicted molar refractivity (Wildman–Crippen MR) is 63.4 cm³/mol. The van der Waals surface area contributed by atoms with Gasteiger partial charge in [-0.05, 0) is 38.0 Å². The van der Waals surface area contributed by atoms with Gasteiger partial charge in [-0.15, -0.1) is 6.42 Å². The lowest BCUT2D eigenvalue weighted by Gasteiger charge is -2.45. The molecule has 1 rings (SSSR count). The van der Waals surface area contributed by atoms with Gasteiger partial charge in [0, 0.05) is 6.61 Å². The molecule has 1 unspecified atom stereocenters. The van der Waals surface area contributed by atoms with E-state index < -0.39 is 0 Å². The molecule has 0 spiro atoms. The number of terminal acetylenes is 1. The third-order valence-corrected chi connectivity index (χ3v) is 3.63. The molecule has 15 heavy (non-hydrogen) atoms. The van der Waals surface area contributed by atoms with Gasteiger partial charge in [0.25, 0.3) is 0 Å². The largest absolute Gasteiger partial charge is 0.373 e. The summed E-state index contributed by atoms with van der Waals surface area (Å²) < 4.78 is 5.85. The van der Waals surface area contributed by atoms with Gasteiger partial charge in [-0.3, -0.25) is 0 Å². The molecule has 0 heterocycles. The molecule has 1 aliphatic rings. The molecule has 0 aromatic carbocycles. The smallest absolute Gasteiger partial charge is 0.0956 e. The van der Waals surface area contributed by atoms with E-state index >= 15 is 0 Å². The Kier molecular flexibility index (Phi) is 3.81. The molecule has 1 fully saturated rings. The highest BCUT2D eigenvalue weighted by molar-refractivity contribution is 5.11. The number of rotatable bonds is 3. The van der Waals surface area contributed by atoms with Crippen LogP contribution in [0.1, 0.15) is 46.5 Å². The molecule has 0 aliphatic heterocycles. The molecular formula is C13H23NO. The first-order valence-electron chi connectivity index (χ1n) is 5.81. The fourth-order valence-corrected chi connectivity index (χ4v) is 2.33. The van der Waals surface area contributed by atoms with Crippen LogP contribution in [0.2, 0.25) is 0 Å². The predicted octanol–water partition coefficient (Wildman–Crippen LogP) is 2.32. The SMILES string of the molecule is C#CC(N)C1(OCC)CCC(C)(C)CC1. The average Bonchev–Trinajstić information content (AvgIpc) is 2.21. The van der Waals surface area contributed by atoms with Crippen LogP contribution in [0.3, 0.4) is 0 Å². The number of ether oxygens (including phenoxy) is 1. The summed E-state index contributed by atoms with van der Waals surface area (Å²) in [6, 6.07) is -0.270. The van der Waals surface area contributed by atoms with E-state index in [4.69, 9.17) is 16.9 Å².